The lowest BCUT2D eigenvalue weighted by molar-refractivity contribution is 0.0244. The van der Waals surface area contributed by atoms with Crippen molar-refractivity contribution in [2.75, 3.05) is 39.3 Å². The number of carbonyl (C=O) groups is 1. The highest BCUT2D eigenvalue weighted by Gasteiger charge is 2.22. The summed E-state index contributed by atoms with van der Waals surface area (Å²) in [6, 6.07) is 8.89. The molecule has 1 amide bonds. The predicted molar refractivity (Wildman–Crippen MR) is 142 cm³/mol. The number of benzene rings is 1. The maximum atomic E-state index is 12.0. The van der Waals surface area contributed by atoms with E-state index in [1.54, 1.807) is 38.6 Å². The summed E-state index contributed by atoms with van der Waals surface area (Å²) in [4.78, 5) is 29.2. The summed E-state index contributed by atoms with van der Waals surface area (Å²) in [6.45, 7) is 3.75. The Labute approximate surface area is 219 Å². The van der Waals surface area contributed by atoms with E-state index in [-0.39, 0.29) is 12.0 Å². The quantitative estimate of drug-likeness (QED) is 0.300. The molecule has 0 bridgehead atoms. The van der Waals surface area contributed by atoms with Crippen LogP contribution in [-0.4, -0.2) is 65.9 Å². The standard InChI is InChI=1S/C27H30N6O5/c1-4-37-22-8-6-17(14-29-22)19-15-30-24-23(19)26(38-18-9-11-36-12-10-18)33-27(32-24)31-20-7-5-16(25(34)28-2)13-21(20)35-3/h5-8,13-15,18H,4,9-12H2,1-3H3,(H,28,34)(H2,30,31,32,33). The fourth-order valence-corrected chi connectivity index (χ4v) is 4.29. The van der Waals surface area contributed by atoms with E-state index in [4.69, 9.17) is 28.9 Å². The van der Waals surface area contributed by atoms with Gasteiger partial charge in [-0.05, 0) is 31.2 Å². The van der Waals surface area contributed by atoms with Gasteiger partial charge in [0.25, 0.3) is 5.91 Å². The maximum absolute atomic E-state index is 12.0. The molecular weight excluding hydrogens is 488 g/mol. The number of pyridine rings is 1. The Morgan fingerprint density at radius 1 is 1.18 bits per heavy atom. The molecule has 0 atom stereocenters. The van der Waals surface area contributed by atoms with Crippen LogP contribution in [0.25, 0.3) is 22.2 Å². The molecule has 1 fully saturated rings. The Balaban J connectivity index is 1.53. The van der Waals surface area contributed by atoms with Crippen LogP contribution in [0.4, 0.5) is 11.6 Å². The molecule has 1 saturated heterocycles. The topological polar surface area (TPSA) is 133 Å². The van der Waals surface area contributed by atoms with Gasteiger partial charge in [-0.2, -0.15) is 9.97 Å². The largest absolute Gasteiger partial charge is 0.495 e. The summed E-state index contributed by atoms with van der Waals surface area (Å²) >= 11 is 0. The van der Waals surface area contributed by atoms with Gasteiger partial charge in [0.05, 0.1) is 38.0 Å². The van der Waals surface area contributed by atoms with Crippen LogP contribution in [-0.2, 0) is 4.74 Å². The zero-order valence-corrected chi connectivity index (χ0v) is 21.5. The molecule has 5 rings (SSSR count). The average molecular weight is 519 g/mol. The molecule has 0 unspecified atom stereocenters. The Hall–Kier alpha value is -4.38. The van der Waals surface area contributed by atoms with Crippen LogP contribution >= 0.6 is 0 Å². The number of ether oxygens (including phenoxy) is 4. The smallest absolute Gasteiger partial charge is 0.251 e. The van der Waals surface area contributed by atoms with E-state index in [2.05, 4.69) is 20.6 Å². The second-order valence-electron chi connectivity index (χ2n) is 8.65. The number of carbonyl (C=O) groups excluding carboxylic acids is 1. The first-order chi connectivity index (χ1) is 18.6. The summed E-state index contributed by atoms with van der Waals surface area (Å²) in [7, 11) is 3.12. The SMILES string of the molecule is CCOc1ccc(-c2c[nH]c3nc(Nc4ccc(C(=O)NC)cc4OC)nc(OC4CCOCC4)c23)cn1. The van der Waals surface area contributed by atoms with E-state index >= 15 is 0 Å². The number of hydrogen-bond acceptors (Lipinski definition) is 9. The van der Waals surface area contributed by atoms with E-state index < -0.39 is 0 Å². The summed E-state index contributed by atoms with van der Waals surface area (Å²) in [6.07, 6.45) is 5.14. The number of aromatic nitrogens is 4. The minimum absolute atomic E-state index is 0.0303. The number of nitrogens with zero attached hydrogens (tertiary/aromatic N) is 3. The molecule has 1 aromatic carbocycles. The molecule has 0 aliphatic carbocycles. The number of H-pyrrole nitrogens is 1. The van der Waals surface area contributed by atoms with Crippen molar-refractivity contribution in [1.82, 2.24) is 25.3 Å². The Kier molecular flexibility index (Phi) is 7.55. The van der Waals surface area contributed by atoms with E-state index in [0.717, 1.165) is 29.4 Å². The van der Waals surface area contributed by atoms with E-state index in [9.17, 15) is 4.79 Å². The molecule has 3 N–H and O–H groups in total. The maximum Gasteiger partial charge on any atom is 0.251 e. The number of nitrogens with one attached hydrogen (secondary N) is 3. The molecule has 0 spiro atoms. The molecule has 11 heteroatoms. The summed E-state index contributed by atoms with van der Waals surface area (Å²) in [5.74, 6) is 1.62. The normalized spacial score (nSPS) is 13.8. The lowest BCUT2D eigenvalue weighted by Gasteiger charge is -2.23. The summed E-state index contributed by atoms with van der Waals surface area (Å²) < 4.78 is 22.9. The lowest BCUT2D eigenvalue weighted by Crippen LogP contribution is -2.26. The molecular formula is C27H30N6O5. The predicted octanol–water partition coefficient (Wildman–Crippen LogP) is 4.09. The first-order valence-electron chi connectivity index (χ1n) is 12.5. The fourth-order valence-electron chi connectivity index (χ4n) is 4.29. The highest BCUT2D eigenvalue weighted by atomic mass is 16.5. The van der Waals surface area contributed by atoms with Crippen molar-refractivity contribution in [3.63, 3.8) is 0 Å². The zero-order chi connectivity index (χ0) is 26.5. The van der Waals surface area contributed by atoms with E-state index in [1.807, 2.05) is 25.3 Å². The van der Waals surface area contributed by atoms with Crippen molar-refractivity contribution < 1.29 is 23.7 Å². The van der Waals surface area contributed by atoms with Crippen molar-refractivity contribution in [2.24, 2.45) is 0 Å². The van der Waals surface area contributed by atoms with Crippen LogP contribution in [0.5, 0.6) is 17.5 Å². The van der Waals surface area contributed by atoms with Crippen molar-refractivity contribution in [1.29, 1.82) is 0 Å². The van der Waals surface area contributed by atoms with E-state index in [0.29, 0.717) is 60.2 Å². The first kappa shape index (κ1) is 25.3. The minimum Gasteiger partial charge on any atom is -0.495 e. The van der Waals surface area contributed by atoms with Gasteiger partial charge in [0.15, 0.2) is 0 Å². The highest BCUT2D eigenvalue weighted by molar-refractivity contribution is 5.98. The molecule has 4 aromatic rings. The highest BCUT2D eigenvalue weighted by Crippen LogP contribution is 2.37. The molecule has 0 radical (unpaired) electrons. The van der Waals surface area contributed by atoms with Gasteiger partial charge in [0.1, 0.15) is 17.5 Å². The van der Waals surface area contributed by atoms with Crippen LogP contribution in [0.15, 0.2) is 42.7 Å². The molecule has 1 aliphatic heterocycles. The third-order valence-electron chi connectivity index (χ3n) is 6.22. The minimum atomic E-state index is -0.206. The van der Waals surface area contributed by atoms with E-state index in [1.165, 1.54) is 0 Å². The van der Waals surface area contributed by atoms with Crippen LogP contribution < -0.4 is 24.8 Å². The molecule has 0 saturated carbocycles. The number of aromatic amines is 1. The van der Waals surface area contributed by atoms with Gasteiger partial charge in [0, 0.05) is 55.0 Å². The van der Waals surface area contributed by atoms with Crippen LogP contribution in [0, 0.1) is 0 Å². The van der Waals surface area contributed by atoms with Crippen LogP contribution in [0.2, 0.25) is 0 Å². The lowest BCUT2D eigenvalue weighted by atomic mass is 10.1. The molecule has 11 nitrogen and oxygen atoms in total. The Morgan fingerprint density at radius 2 is 2.03 bits per heavy atom. The molecule has 1 aliphatic rings. The van der Waals surface area contributed by atoms with Gasteiger partial charge >= 0.3 is 0 Å². The third kappa shape index (κ3) is 5.32. The number of amides is 1. The van der Waals surface area contributed by atoms with Gasteiger partial charge in [-0.15, -0.1) is 0 Å². The zero-order valence-electron chi connectivity index (χ0n) is 21.5. The summed E-state index contributed by atoms with van der Waals surface area (Å²) in [5, 5.41) is 6.59. The number of fused-ring (bicyclic) bond motifs is 1. The second kappa shape index (κ2) is 11.3. The van der Waals surface area contributed by atoms with Gasteiger partial charge in [-0.3, -0.25) is 4.79 Å². The number of hydrogen-bond donors (Lipinski definition) is 3. The number of methoxy groups -OCH3 is 1. The van der Waals surface area contributed by atoms with Crippen molar-refractivity contribution in [3.05, 3.63) is 48.3 Å². The van der Waals surface area contributed by atoms with Gasteiger partial charge < -0.3 is 34.6 Å². The molecule has 38 heavy (non-hydrogen) atoms. The Bertz CT molecular complexity index is 1420. The van der Waals surface area contributed by atoms with Crippen molar-refractivity contribution >= 4 is 28.6 Å². The van der Waals surface area contributed by atoms with Gasteiger partial charge in [-0.25, -0.2) is 4.98 Å². The van der Waals surface area contributed by atoms with Crippen molar-refractivity contribution in [3.8, 4) is 28.6 Å². The van der Waals surface area contributed by atoms with Crippen LogP contribution in [0.1, 0.15) is 30.1 Å². The third-order valence-corrected chi connectivity index (χ3v) is 6.22. The molecule has 3 aromatic heterocycles. The van der Waals surface area contributed by atoms with Crippen molar-refractivity contribution in [2.45, 2.75) is 25.9 Å². The second-order valence-corrected chi connectivity index (χ2v) is 8.65. The number of anilines is 2. The van der Waals surface area contributed by atoms with Gasteiger partial charge in [0.2, 0.25) is 17.7 Å². The first-order valence-corrected chi connectivity index (χ1v) is 12.5. The number of rotatable bonds is 9. The van der Waals surface area contributed by atoms with Crippen LogP contribution in [0.3, 0.4) is 0 Å². The Morgan fingerprint density at radius 3 is 2.74 bits per heavy atom. The fraction of sp³-hybridized carbons (Fsp3) is 0.333. The average Bonchev–Trinajstić information content (AvgIpc) is 3.38. The monoisotopic (exact) mass is 518 g/mol. The van der Waals surface area contributed by atoms with Gasteiger partial charge in [-0.1, -0.05) is 0 Å². The summed E-state index contributed by atoms with van der Waals surface area (Å²) in [5.41, 5.74) is 3.45. The molecule has 4 heterocycles. The molecule has 198 valence electrons.